The summed E-state index contributed by atoms with van der Waals surface area (Å²) in [6, 6.07) is 1.77. The first-order valence-electron chi connectivity index (χ1n) is 2.35. The monoisotopic (exact) mass is 152 g/mol. The van der Waals surface area contributed by atoms with E-state index in [0.717, 1.165) is 0 Å². The molecule has 0 heterocycles. The first-order chi connectivity index (χ1) is 4.06. The van der Waals surface area contributed by atoms with Crippen molar-refractivity contribution in [2.75, 3.05) is 6.54 Å². The van der Waals surface area contributed by atoms with Crippen molar-refractivity contribution in [2.45, 2.75) is 6.42 Å². The van der Waals surface area contributed by atoms with E-state index in [1.54, 1.807) is 6.07 Å². The summed E-state index contributed by atoms with van der Waals surface area (Å²) in [5, 5.41) is 9.95. The normalized spacial score (nSPS) is 12.7. The molecular weight excluding hydrogens is 143 g/mol. The van der Waals surface area contributed by atoms with Gasteiger partial charge in [0.05, 0.1) is 0 Å². The number of hydrogen-bond donors (Lipinski definition) is 4. The Labute approximate surface area is 53.2 Å². The Morgan fingerprint density at radius 3 is 2.33 bits per heavy atom. The summed E-state index contributed by atoms with van der Waals surface area (Å²) in [6.07, 6.45) is 0.149. The van der Waals surface area contributed by atoms with Crippen LogP contribution < -0.4 is 5.09 Å². The van der Waals surface area contributed by atoms with Crippen molar-refractivity contribution in [1.82, 2.24) is 5.09 Å². The molecule has 0 aliphatic heterocycles. The van der Waals surface area contributed by atoms with Gasteiger partial charge >= 0.3 is 52.2 Å². The Bertz CT molecular complexity index is 115. The standard InChI is InChI=1S/C3H9N2O3P/c4-2-1-3-5-9(6,7)8/h5-9H,1,3H2. The molecule has 0 radical (unpaired) electrons. The fraction of sp³-hybridized carbons (Fsp3) is 0.667. The molecule has 0 atom stereocenters. The minimum atomic E-state index is -4.10. The molecule has 0 unspecified atom stereocenters. The van der Waals surface area contributed by atoms with Gasteiger partial charge in [-0.3, -0.25) is 0 Å². The van der Waals surface area contributed by atoms with Crippen LogP contribution in [0, 0.1) is 11.3 Å². The van der Waals surface area contributed by atoms with Crippen molar-refractivity contribution in [2.24, 2.45) is 0 Å². The molecule has 0 aliphatic carbocycles. The summed E-state index contributed by atoms with van der Waals surface area (Å²) in [7, 11) is -4.10. The Morgan fingerprint density at radius 2 is 2.00 bits per heavy atom. The Kier molecular flexibility index (Phi) is 3.62. The van der Waals surface area contributed by atoms with E-state index in [0.29, 0.717) is 0 Å². The Morgan fingerprint density at radius 1 is 1.44 bits per heavy atom. The topological polar surface area (TPSA) is 96.5 Å². The molecule has 0 rings (SSSR count). The number of nitrogens with one attached hydrogen (secondary N) is 1. The molecule has 0 fully saturated rings. The predicted octanol–water partition coefficient (Wildman–Crippen LogP) is -1.12. The van der Waals surface area contributed by atoms with Gasteiger partial charge in [-0.25, -0.2) is 0 Å². The van der Waals surface area contributed by atoms with Crippen LogP contribution in [0.15, 0.2) is 0 Å². The SMILES string of the molecule is N#CCCN[PH](O)(O)O. The number of hydrogen-bond acceptors (Lipinski definition) is 5. The van der Waals surface area contributed by atoms with E-state index in [1.165, 1.54) is 0 Å². The van der Waals surface area contributed by atoms with Crippen LogP contribution in [-0.2, 0) is 0 Å². The molecule has 9 heavy (non-hydrogen) atoms. The van der Waals surface area contributed by atoms with E-state index in [2.05, 4.69) is 0 Å². The number of nitrogens with zero attached hydrogens (tertiary/aromatic N) is 1. The molecule has 5 nitrogen and oxygen atoms in total. The molecule has 0 aromatic rings. The van der Waals surface area contributed by atoms with Crippen molar-refractivity contribution < 1.29 is 14.7 Å². The average molecular weight is 152 g/mol. The van der Waals surface area contributed by atoms with Gasteiger partial charge in [0, 0.05) is 0 Å². The summed E-state index contributed by atoms with van der Waals surface area (Å²) in [4.78, 5) is 24.8. The summed E-state index contributed by atoms with van der Waals surface area (Å²) in [5.41, 5.74) is 0. The summed E-state index contributed by atoms with van der Waals surface area (Å²) < 4.78 is 0. The van der Waals surface area contributed by atoms with Gasteiger partial charge in [-0.15, -0.1) is 0 Å². The van der Waals surface area contributed by atoms with Crippen molar-refractivity contribution in [1.29, 1.82) is 5.26 Å². The van der Waals surface area contributed by atoms with E-state index >= 15 is 0 Å². The van der Waals surface area contributed by atoms with Gasteiger partial charge < -0.3 is 0 Å². The third-order valence-electron chi connectivity index (χ3n) is 0.599. The van der Waals surface area contributed by atoms with E-state index in [-0.39, 0.29) is 13.0 Å². The van der Waals surface area contributed by atoms with Gasteiger partial charge in [-0.05, 0) is 0 Å². The van der Waals surface area contributed by atoms with Gasteiger partial charge in [0.1, 0.15) is 0 Å². The molecule has 0 aliphatic rings. The van der Waals surface area contributed by atoms with E-state index < -0.39 is 8.09 Å². The van der Waals surface area contributed by atoms with Crippen LogP contribution in [0.1, 0.15) is 6.42 Å². The third-order valence-corrected chi connectivity index (χ3v) is 1.32. The van der Waals surface area contributed by atoms with Gasteiger partial charge in [0.15, 0.2) is 0 Å². The van der Waals surface area contributed by atoms with Gasteiger partial charge in [-0.2, -0.15) is 0 Å². The van der Waals surface area contributed by atoms with Crippen molar-refractivity contribution in [3.05, 3.63) is 0 Å². The minimum absolute atomic E-state index is 0.103. The average Bonchev–Trinajstić information content (AvgIpc) is 1.63. The molecule has 54 valence electrons. The maximum absolute atomic E-state index is 8.27. The van der Waals surface area contributed by atoms with Crippen LogP contribution in [0.25, 0.3) is 0 Å². The Balaban J connectivity index is 3.20. The van der Waals surface area contributed by atoms with Crippen LogP contribution in [0.2, 0.25) is 0 Å². The van der Waals surface area contributed by atoms with Crippen LogP contribution in [0.4, 0.5) is 0 Å². The molecule has 0 spiro atoms. The first-order valence-corrected chi connectivity index (χ1v) is 4.19. The molecule has 0 saturated carbocycles. The molecule has 4 N–H and O–H groups in total. The second kappa shape index (κ2) is 3.72. The van der Waals surface area contributed by atoms with E-state index in [4.69, 9.17) is 19.9 Å². The molecular formula is C3H9N2O3P. The predicted molar refractivity (Wildman–Crippen MR) is 33.2 cm³/mol. The second-order valence-electron chi connectivity index (χ2n) is 1.47. The van der Waals surface area contributed by atoms with Crippen LogP contribution >= 0.6 is 8.09 Å². The van der Waals surface area contributed by atoms with Crippen LogP contribution in [0.3, 0.4) is 0 Å². The zero-order chi connectivity index (χ0) is 7.33. The van der Waals surface area contributed by atoms with Gasteiger partial charge in [0.25, 0.3) is 0 Å². The van der Waals surface area contributed by atoms with E-state index in [9.17, 15) is 0 Å². The number of nitriles is 1. The van der Waals surface area contributed by atoms with Crippen molar-refractivity contribution >= 4 is 8.09 Å². The molecule has 0 saturated heterocycles. The summed E-state index contributed by atoms with van der Waals surface area (Å²) >= 11 is 0. The van der Waals surface area contributed by atoms with Gasteiger partial charge in [0.2, 0.25) is 0 Å². The fourth-order valence-electron chi connectivity index (χ4n) is 0.286. The van der Waals surface area contributed by atoms with E-state index in [1.807, 2.05) is 5.09 Å². The molecule has 0 aromatic heterocycles. The zero-order valence-corrected chi connectivity index (χ0v) is 5.70. The fourth-order valence-corrected chi connectivity index (χ4v) is 0.747. The Hall–Kier alpha value is -0.240. The van der Waals surface area contributed by atoms with Crippen molar-refractivity contribution in [3.63, 3.8) is 0 Å². The zero-order valence-electron chi connectivity index (χ0n) is 4.70. The number of rotatable bonds is 3. The molecule has 6 heteroatoms. The van der Waals surface area contributed by atoms with Crippen LogP contribution in [-0.4, -0.2) is 21.2 Å². The van der Waals surface area contributed by atoms with Gasteiger partial charge in [-0.1, -0.05) is 0 Å². The maximum atomic E-state index is 8.27. The quantitative estimate of drug-likeness (QED) is 0.303. The van der Waals surface area contributed by atoms with Crippen molar-refractivity contribution in [3.8, 4) is 6.07 Å². The molecule has 0 aromatic carbocycles. The molecule has 0 amide bonds. The summed E-state index contributed by atoms with van der Waals surface area (Å²) in [6.45, 7) is 0.103. The molecule has 0 bridgehead atoms. The second-order valence-corrected chi connectivity index (χ2v) is 3.09. The first kappa shape index (κ1) is 8.76. The summed E-state index contributed by atoms with van der Waals surface area (Å²) in [5.74, 6) is 0. The van der Waals surface area contributed by atoms with Crippen LogP contribution in [0.5, 0.6) is 0 Å². The third kappa shape index (κ3) is 7.76.